The number of fused-ring (bicyclic) bond motifs is 4. The van der Waals surface area contributed by atoms with Crippen molar-refractivity contribution in [3.8, 4) is 23.0 Å². The summed E-state index contributed by atoms with van der Waals surface area (Å²) in [5.74, 6) is 0.736. The Morgan fingerprint density at radius 3 is 1.44 bits per heavy atom. The van der Waals surface area contributed by atoms with Crippen LogP contribution < -0.4 is 28.7 Å². The summed E-state index contributed by atoms with van der Waals surface area (Å²) < 4.78 is 34.8. The monoisotopic (exact) mass is 1010 g/mol. The SMILES string of the molecule is CCOC(=O)Cc1ccc(N2C(=O)c3c(c(OC(C)C)c4ccccc4c3OC(C)C)C2O)c(Cl)c1.CCOC(=O)Cc1ccc(N2Cc3c(c(OC(C)C)c4ccccc4c3OC(C)C)C2=O)c(Cl)c1. The predicted octanol–water partition coefficient (Wildman–Crippen LogP) is 12.2. The van der Waals surface area contributed by atoms with Crippen LogP contribution in [0.4, 0.5) is 11.4 Å². The number of hydrogen-bond acceptors (Lipinski definition) is 11. The molecule has 0 spiro atoms. The van der Waals surface area contributed by atoms with Crippen molar-refractivity contribution in [2.75, 3.05) is 23.0 Å². The molecule has 0 fully saturated rings. The number of nitrogens with zero attached hydrogens (tertiary/aromatic N) is 2. The fraction of sp³-hybridized carbons (Fsp3) is 0.357. The third-order valence-corrected chi connectivity index (χ3v) is 12.0. The summed E-state index contributed by atoms with van der Waals surface area (Å²) in [7, 11) is 0. The zero-order valence-corrected chi connectivity index (χ0v) is 43.2. The third kappa shape index (κ3) is 11.0. The molecule has 1 unspecified atom stereocenters. The van der Waals surface area contributed by atoms with Crippen molar-refractivity contribution in [1.82, 2.24) is 0 Å². The van der Waals surface area contributed by atoms with E-state index in [-0.39, 0.29) is 72.3 Å². The average molecular weight is 1010 g/mol. The lowest BCUT2D eigenvalue weighted by Gasteiger charge is -2.24. The van der Waals surface area contributed by atoms with Gasteiger partial charge in [0.15, 0.2) is 6.23 Å². The van der Waals surface area contributed by atoms with E-state index in [1.54, 1.807) is 55.1 Å². The molecule has 2 heterocycles. The van der Waals surface area contributed by atoms with Crippen molar-refractivity contribution in [3.63, 3.8) is 0 Å². The van der Waals surface area contributed by atoms with Crippen molar-refractivity contribution in [3.05, 3.63) is 128 Å². The van der Waals surface area contributed by atoms with Crippen molar-refractivity contribution >= 4 is 79.9 Å². The summed E-state index contributed by atoms with van der Waals surface area (Å²) in [6, 6.07) is 25.5. The number of anilines is 2. The lowest BCUT2D eigenvalue weighted by molar-refractivity contribution is -0.143. The van der Waals surface area contributed by atoms with E-state index in [0.717, 1.165) is 32.7 Å². The number of hydrogen-bond donors (Lipinski definition) is 1. The van der Waals surface area contributed by atoms with Crippen LogP contribution in [-0.4, -0.2) is 66.5 Å². The van der Waals surface area contributed by atoms with Gasteiger partial charge in [0.25, 0.3) is 11.8 Å². The molecule has 8 rings (SSSR count). The molecular formula is C56H60Cl2N2O11. The molecule has 374 valence electrons. The second kappa shape index (κ2) is 22.3. The Hall–Kier alpha value is -6.54. The summed E-state index contributed by atoms with van der Waals surface area (Å²) >= 11 is 13.2. The van der Waals surface area contributed by atoms with Crippen molar-refractivity contribution in [2.45, 2.75) is 119 Å². The zero-order chi connectivity index (χ0) is 51.4. The molecule has 2 aliphatic heterocycles. The molecule has 0 aliphatic carbocycles. The van der Waals surface area contributed by atoms with Gasteiger partial charge in [-0.1, -0.05) is 83.9 Å². The second-order valence-corrected chi connectivity index (χ2v) is 19.0. The molecule has 13 nitrogen and oxygen atoms in total. The van der Waals surface area contributed by atoms with Gasteiger partial charge >= 0.3 is 11.9 Å². The van der Waals surface area contributed by atoms with Crippen LogP contribution in [0.2, 0.25) is 10.0 Å². The lowest BCUT2D eigenvalue weighted by Crippen LogP contribution is -2.28. The summed E-state index contributed by atoms with van der Waals surface area (Å²) in [6.45, 7) is 19.8. The van der Waals surface area contributed by atoms with Gasteiger partial charge in [-0.15, -0.1) is 0 Å². The van der Waals surface area contributed by atoms with Crippen LogP contribution in [0.15, 0.2) is 84.9 Å². The highest BCUT2D eigenvalue weighted by atomic mass is 35.5. The van der Waals surface area contributed by atoms with Gasteiger partial charge in [0.2, 0.25) is 0 Å². The molecule has 0 saturated carbocycles. The van der Waals surface area contributed by atoms with E-state index in [1.165, 1.54) is 4.90 Å². The number of carbonyl (C=O) groups is 4. The van der Waals surface area contributed by atoms with Gasteiger partial charge in [-0.3, -0.25) is 24.1 Å². The molecular weight excluding hydrogens is 948 g/mol. The van der Waals surface area contributed by atoms with E-state index >= 15 is 0 Å². The van der Waals surface area contributed by atoms with Crippen molar-refractivity contribution < 1.29 is 52.7 Å². The van der Waals surface area contributed by atoms with Crippen LogP contribution >= 0.6 is 23.2 Å². The Morgan fingerprint density at radius 1 is 0.577 bits per heavy atom. The van der Waals surface area contributed by atoms with Gasteiger partial charge in [0, 0.05) is 27.1 Å². The molecule has 2 aliphatic rings. The fourth-order valence-electron chi connectivity index (χ4n) is 8.76. The maximum absolute atomic E-state index is 13.9. The van der Waals surface area contributed by atoms with E-state index in [1.807, 2.05) is 104 Å². The minimum Gasteiger partial charge on any atom is -0.490 e. The molecule has 2 amide bonds. The van der Waals surface area contributed by atoms with Gasteiger partial charge in [-0.25, -0.2) is 0 Å². The first-order valence-corrected chi connectivity index (χ1v) is 24.6. The Morgan fingerprint density at radius 2 is 0.986 bits per heavy atom. The third-order valence-electron chi connectivity index (χ3n) is 11.4. The Labute approximate surface area is 424 Å². The van der Waals surface area contributed by atoms with Gasteiger partial charge < -0.3 is 38.4 Å². The van der Waals surface area contributed by atoms with E-state index < -0.39 is 12.1 Å². The number of esters is 2. The smallest absolute Gasteiger partial charge is 0.310 e. The number of amides is 2. The highest BCUT2D eigenvalue weighted by Gasteiger charge is 2.44. The van der Waals surface area contributed by atoms with Crippen molar-refractivity contribution in [2.24, 2.45) is 0 Å². The summed E-state index contributed by atoms with van der Waals surface area (Å²) in [5.41, 5.74) is 4.11. The molecule has 1 N–H and O–H groups in total. The van der Waals surface area contributed by atoms with Crippen molar-refractivity contribution in [1.29, 1.82) is 0 Å². The summed E-state index contributed by atoms with van der Waals surface area (Å²) in [4.78, 5) is 54.4. The minimum atomic E-state index is -1.35. The molecule has 6 aromatic rings. The van der Waals surface area contributed by atoms with Gasteiger partial charge in [-0.05, 0) is 105 Å². The topological polar surface area (TPSA) is 150 Å². The maximum atomic E-state index is 13.9. The molecule has 1 atom stereocenters. The van der Waals surface area contributed by atoms with Gasteiger partial charge in [0.05, 0.1) is 95.1 Å². The highest BCUT2D eigenvalue weighted by molar-refractivity contribution is 6.35. The Balaban J connectivity index is 0.000000209. The van der Waals surface area contributed by atoms with E-state index in [2.05, 4.69) is 0 Å². The van der Waals surface area contributed by atoms with Crippen LogP contribution in [0.1, 0.15) is 118 Å². The Bertz CT molecular complexity index is 3000. The number of aliphatic hydroxyl groups excluding tert-OH is 1. The largest absolute Gasteiger partial charge is 0.490 e. The van der Waals surface area contributed by atoms with Crippen LogP contribution in [0.25, 0.3) is 21.5 Å². The number of carbonyl (C=O) groups excluding carboxylic acids is 4. The lowest BCUT2D eigenvalue weighted by atomic mass is 9.98. The normalized spacial score (nSPS) is 14.1. The number of benzene rings is 6. The molecule has 0 bridgehead atoms. The van der Waals surface area contributed by atoms with E-state index in [4.69, 9.17) is 51.6 Å². The minimum absolute atomic E-state index is 0.0503. The number of aliphatic hydroxyl groups is 1. The van der Waals surface area contributed by atoms with Crippen LogP contribution in [-0.2, 0) is 38.4 Å². The van der Waals surface area contributed by atoms with E-state index in [0.29, 0.717) is 69.2 Å². The predicted molar refractivity (Wildman–Crippen MR) is 277 cm³/mol. The number of halogens is 2. The zero-order valence-electron chi connectivity index (χ0n) is 41.7. The van der Waals surface area contributed by atoms with Crippen LogP contribution in [0, 0.1) is 0 Å². The standard InChI is InChI=1S/C28H30ClNO6.C28H30ClNO5/c1-6-34-22(31)14-17-11-12-21(20(29)13-17)30-27(32)23-24(28(30)33)26(36-16(4)5)19-10-8-7-9-18(19)25(23)35-15(2)3;1-6-33-24(31)14-18-11-12-23(22(29)13-18)30-15-21-25(28(30)32)27(35-17(4)5)20-10-8-7-9-19(20)26(21)34-16(2)3/h7-13,15-16,27,32H,6,14H2,1-5H3;7-13,16-17H,6,14-15H2,1-5H3. The summed E-state index contributed by atoms with van der Waals surface area (Å²) in [5, 5.41) is 15.3. The number of rotatable bonds is 16. The Kier molecular flexibility index (Phi) is 16.4. The molecule has 0 saturated heterocycles. The quantitative estimate of drug-likeness (QED) is 0.0923. The number of ether oxygens (including phenoxy) is 6. The first kappa shape index (κ1) is 52.3. The maximum Gasteiger partial charge on any atom is 0.310 e. The first-order valence-electron chi connectivity index (χ1n) is 23.9. The van der Waals surface area contributed by atoms with Crippen LogP contribution in [0.5, 0.6) is 23.0 Å². The fourth-order valence-corrected chi connectivity index (χ4v) is 9.36. The molecule has 0 radical (unpaired) electrons. The second-order valence-electron chi connectivity index (χ2n) is 18.2. The molecule has 15 heteroatoms. The average Bonchev–Trinajstić information content (AvgIpc) is 3.77. The molecule has 6 aromatic carbocycles. The van der Waals surface area contributed by atoms with Gasteiger partial charge in [-0.2, -0.15) is 0 Å². The molecule has 71 heavy (non-hydrogen) atoms. The van der Waals surface area contributed by atoms with Crippen LogP contribution in [0.3, 0.4) is 0 Å². The molecule has 0 aromatic heterocycles. The highest BCUT2D eigenvalue weighted by Crippen LogP contribution is 2.52. The first-order chi connectivity index (χ1) is 33.8. The van der Waals surface area contributed by atoms with Gasteiger partial charge in [0.1, 0.15) is 23.0 Å². The summed E-state index contributed by atoms with van der Waals surface area (Å²) in [6.07, 6.45) is -1.79. The van der Waals surface area contributed by atoms with E-state index in [9.17, 15) is 24.3 Å².